The third kappa shape index (κ3) is 6.99. The molecule has 0 saturated carbocycles. The van der Waals surface area contributed by atoms with Gasteiger partial charge in [-0.15, -0.1) is 10.2 Å². The molecule has 2 aromatic heterocycles. The first-order valence-electron chi connectivity index (χ1n) is 13.8. The molecule has 0 fully saturated rings. The van der Waals surface area contributed by atoms with Gasteiger partial charge in [0.25, 0.3) is 0 Å². The predicted molar refractivity (Wildman–Crippen MR) is 176 cm³/mol. The van der Waals surface area contributed by atoms with E-state index in [0.717, 1.165) is 49.7 Å². The van der Waals surface area contributed by atoms with Crippen LogP contribution in [0, 0.1) is 0 Å². The molecule has 4 aromatic carbocycles. The number of fused-ring (bicyclic) bond motifs is 2. The molecule has 216 valence electrons. The average molecular weight is 607 g/mol. The molecule has 0 saturated heterocycles. The van der Waals surface area contributed by atoms with Gasteiger partial charge in [-0.2, -0.15) is 10.2 Å². The molecule has 6 aromatic rings. The molecular weight excluding hydrogens is 577 g/mol. The summed E-state index contributed by atoms with van der Waals surface area (Å²) in [6.45, 7) is 1.12. The van der Waals surface area contributed by atoms with Gasteiger partial charge in [0.2, 0.25) is 9.60 Å². The van der Waals surface area contributed by atoms with Crippen molar-refractivity contribution >= 4 is 55.5 Å². The fraction of sp³-hybridized carbons (Fsp3) is 0.152. The van der Waals surface area contributed by atoms with Crippen LogP contribution in [0.15, 0.2) is 117 Å². The smallest absolute Gasteiger partial charge is 0.211 e. The summed E-state index contributed by atoms with van der Waals surface area (Å²) < 4.78 is 18.2. The zero-order chi connectivity index (χ0) is 29.4. The van der Waals surface area contributed by atoms with Gasteiger partial charge in [0.1, 0.15) is 11.5 Å². The van der Waals surface area contributed by atoms with E-state index in [9.17, 15) is 0 Å². The van der Waals surface area contributed by atoms with Crippen LogP contribution < -0.4 is 19.1 Å². The van der Waals surface area contributed by atoms with E-state index in [4.69, 9.17) is 9.47 Å². The van der Waals surface area contributed by atoms with E-state index in [1.165, 1.54) is 9.40 Å². The van der Waals surface area contributed by atoms with Crippen LogP contribution >= 0.6 is 22.7 Å². The Morgan fingerprint density at radius 2 is 1.00 bits per heavy atom. The number of para-hydroxylation sites is 2. The van der Waals surface area contributed by atoms with Gasteiger partial charge in [0.05, 0.1) is 46.1 Å². The molecule has 2 heterocycles. The minimum Gasteiger partial charge on any atom is -0.493 e. The first-order valence-corrected chi connectivity index (χ1v) is 15.5. The van der Waals surface area contributed by atoms with Gasteiger partial charge in [-0.05, 0) is 83.9 Å². The number of hydrogen-bond acceptors (Lipinski definition) is 8. The third-order valence-corrected chi connectivity index (χ3v) is 8.92. The maximum Gasteiger partial charge on any atom is 0.211 e. The fourth-order valence-electron chi connectivity index (χ4n) is 4.38. The number of nitrogens with zero attached hydrogens (tertiary/aromatic N) is 6. The lowest BCUT2D eigenvalue weighted by Crippen LogP contribution is -2.08. The number of hydrogen-bond donors (Lipinski definition) is 0. The Bertz CT molecular complexity index is 1880. The summed E-state index contributed by atoms with van der Waals surface area (Å²) >= 11 is 3.24. The second kappa shape index (κ2) is 13.5. The van der Waals surface area contributed by atoms with Crippen LogP contribution in [0.25, 0.3) is 20.4 Å². The van der Waals surface area contributed by atoms with Crippen molar-refractivity contribution in [3.8, 4) is 11.5 Å². The number of benzene rings is 4. The SMILES string of the molecule is Cn1/c(=N\N=C\c2ccc(OCCCOc3ccc(/C=N/N=c4/sc5ccccc5n4C)cc3)cc2)sc2ccccc21. The normalized spacial score (nSPS) is 12.8. The molecule has 0 N–H and O–H groups in total. The van der Waals surface area contributed by atoms with E-state index in [2.05, 4.69) is 44.7 Å². The molecule has 0 atom stereocenters. The number of aryl methyl sites for hydroxylation is 2. The van der Waals surface area contributed by atoms with Gasteiger partial charge in [-0.25, -0.2) is 0 Å². The van der Waals surface area contributed by atoms with E-state index in [0.29, 0.717) is 13.2 Å². The van der Waals surface area contributed by atoms with Crippen molar-refractivity contribution in [2.45, 2.75) is 6.42 Å². The molecule has 0 spiro atoms. The van der Waals surface area contributed by atoms with Crippen molar-refractivity contribution < 1.29 is 9.47 Å². The van der Waals surface area contributed by atoms with Crippen molar-refractivity contribution in [3.63, 3.8) is 0 Å². The van der Waals surface area contributed by atoms with Gasteiger partial charge in [0, 0.05) is 20.5 Å². The molecule has 43 heavy (non-hydrogen) atoms. The fourth-order valence-corrected chi connectivity index (χ4v) is 6.34. The summed E-state index contributed by atoms with van der Waals surface area (Å²) in [5.41, 5.74) is 4.22. The zero-order valence-corrected chi connectivity index (χ0v) is 25.5. The third-order valence-electron chi connectivity index (χ3n) is 6.72. The standard InChI is InChI=1S/C33H30N6O2S2/c1-38-28-8-3-5-10-30(28)42-32(38)36-34-22-24-12-16-26(17-13-24)40-20-7-21-41-27-18-14-25(15-19-27)23-35-37-33-39(2)29-9-4-6-11-31(29)43-33/h3-6,8-19,22-23H,7,20-21H2,1-2H3/b34-22+,35-23+,36-32+,37-33+. The lowest BCUT2D eigenvalue weighted by atomic mass is 10.2. The highest BCUT2D eigenvalue weighted by molar-refractivity contribution is 7.16. The molecule has 0 radical (unpaired) electrons. The molecule has 0 unspecified atom stereocenters. The Balaban J connectivity index is 0.934. The van der Waals surface area contributed by atoms with Gasteiger partial charge in [-0.1, -0.05) is 46.9 Å². The quantitative estimate of drug-likeness (QED) is 0.101. The first kappa shape index (κ1) is 28.3. The van der Waals surface area contributed by atoms with Crippen molar-refractivity contribution in [1.29, 1.82) is 0 Å². The molecule has 0 aliphatic carbocycles. The van der Waals surface area contributed by atoms with E-state index in [-0.39, 0.29) is 0 Å². The van der Waals surface area contributed by atoms with Crippen molar-refractivity contribution in [3.05, 3.63) is 118 Å². The average Bonchev–Trinajstić information content (AvgIpc) is 3.54. The maximum absolute atomic E-state index is 5.87. The summed E-state index contributed by atoms with van der Waals surface area (Å²) in [6, 6.07) is 32.1. The minimum absolute atomic E-state index is 0.562. The van der Waals surface area contributed by atoms with E-state index in [1.807, 2.05) is 96.0 Å². The van der Waals surface area contributed by atoms with Gasteiger partial charge < -0.3 is 18.6 Å². The molecule has 0 bridgehead atoms. The summed E-state index contributed by atoms with van der Waals surface area (Å²) in [5.74, 6) is 1.62. The predicted octanol–water partition coefficient (Wildman–Crippen LogP) is 6.51. The number of thiazole rings is 2. The number of rotatable bonds is 10. The van der Waals surface area contributed by atoms with Crippen molar-refractivity contribution in [2.75, 3.05) is 13.2 Å². The van der Waals surface area contributed by atoms with Crippen LogP contribution in [0.3, 0.4) is 0 Å². The lowest BCUT2D eigenvalue weighted by molar-refractivity contribution is 0.247. The topological polar surface area (TPSA) is 77.8 Å². The molecule has 6 rings (SSSR count). The van der Waals surface area contributed by atoms with Gasteiger partial charge >= 0.3 is 0 Å². The minimum atomic E-state index is 0.562. The molecule has 0 aliphatic rings. The number of aromatic nitrogens is 2. The molecule has 0 aliphatic heterocycles. The second-order valence-electron chi connectivity index (χ2n) is 9.70. The second-order valence-corrected chi connectivity index (χ2v) is 11.7. The summed E-state index contributed by atoms with van der Waals surface area (Å²) in [4.78, 5) is 1.71. The summed E-state index contributed by atoms with van der Waals surface area (Å²) in [7, 11) is 4.01. The van der Waals surface area contributed by atoms with Crippen LogP contribution in [-0.2, 0) is 14.1 Å². The Kier molecular flexibility index (Phi) is 8.86. The van der Waals surface area contributed by atoms with Gasteiger partial charge in [-0.3, -0.25) is 0 Å². The van der Waals surface area contributed by atoms with Gasteiger partial charge in [0.15, 0.2) is 0 Å². The first-order chi connectivity index (χ1) is 21.1. The van der Waals surface area contributed by atoms with E-state index < -0.39 is 0 Å². The highest BCUT2D eigenvalue weighted by atomic mass is 32.1. The largest absolute Gasteiger partial charge is 0.493 e. The van der Waals surface area contributed by atoms with Crippen molar-refractivity contribution in [1.82, 2.24) is 9.13 Å². The summed E-state index contributed by atoms with van der Waals surface area (Å²) in [6.07, 6.45) is 4.27. The van der Waals surface area contributed by atoms with Crippen molar-refractivity contribution in [2.24, 2.45) is 34.5 Å². The van der Waals surface area contributed by atoms with Crippen LogP contribution in [0.4, 0.5) is 0 Å². The maximum atomic E-state index is 5.87. The Morgan fingerprint density at radius 1 is 0.581 bits per heavy atom. The highest BCUT2D eigenvalue weighted by Crippen LogP contribution is 2.17. The Morgan fingerprint density at radius 3 is 1.42 bits per heavy atom. The van der Waals surface area contributed by atoms with E-state index >= 15 is 0 Å². The molecule has 10 heteroatoms. The van der Waals surface area contributed by atoms with Crippen LogP contribution in [0.5, 0.6) is 11.5 Å². The summed E-state index contributed by atoms with van der Waals surface area (Å²) in [5, 5.41) is 17.3. The lowest BCUT2D eigenvalue weighted by Gasteiger charge is -2.08. The molecular formula is C33H30N6O2S2. The molecule has 0 amide bonds. The Hall–Kier alpha value is -4.80. The zero-order valence-electron chi connectivity index (χ0n) is 23.8. The van der Waals surface area contributed by atoms with Crippen LogP contribution in [0.2, 0.25) is 0 Å². The highest BCUT2D eigenvalue weighted by Gasteiger charge is 2.02. The monoisotopic (exact) mass is 606 g/mol. The van der Waals surface area contributed by atoms with E-state index in [1.54, 1.807) is 35.1 Å². The van der Waals surface area contributed by atoms with Crippen LogP contribution in [-0.4, -0.2) is 34.8 Å². The number of ether oxygens (including phenoxy) is 2. The molecule has 8 nitrogen and oxygen atoms in total. The van der Waals surface area contributed by atoms with Crippen LogP contribution in [0.1, 0.15) is 17.5 Å². The Labute approximate surface area is 256 Å².